The van der Waals surface area contributed by atoms with E-state index < -0.39 is 0 Å². The topological polar surface area (TPSA) is 0 Å². The number of allylic oxidation sites excluding steroid dienone is 8. The molecule has 0 amide bonds. The van der Waals surface area contributed by atoms with Gasteiger partial charge in [-0.05, 0) is 70.6 Å². The molecule has 0 saturated heterocycles. The molecule has 1 aliphatic rings. The van der Waals surface area contributed by atoms with Gasteiger partial charge in [0.1, 0.15) is 0 Å². The Morgan fingerprint density at radius 2 is 1.91 bits per heavy atom. The molecule has 0 aliphatic heterocycles. The van der Waals surface area contributed by atoms with Gasteiger partial charge in [0, 0.05) is 0 Å². The first-order valence-corrected chi connectivity index (χ1v) is 9.42. The Hall–Kier alpha value is -1.04. The lowest BCUT2D eigenvalue weighted by Gasteiger charge is -2.34. The van der Waals surface area contributed by atoms with Gasteiger partial charge in [0.15, 0.2) is 0 Å². The van der Waals surface area contributed by atoms with E-state index in [-0.39, 0.29) is 0 Å². The molecule has 0 aromatic rings. The number of hydrogen-bond donors (Lipinski definition) is 0. The molecule has 130 valence electrons. The van der Waals surface area contributed by atoms with Crippen molar-refractivity contribution in [3.05, 3.63) is 46.6 Å². The van der Waals surface area contributed by atoms with Crippen molar-refractivity contribution in [2.24, 2.45) is 11.3 Å². The summed E-state index contributed by atoms with van der Waals surface area (Å²) in [7, 11) is 0. The van der Waals surface area contributed by atoms with Crippen molar-refractivity contribution in [2.45, 2.75) is 87.0 Å². The first kappa shape index (κ1) is 20.0. The summed E-state index contributed by atoms with van der Waals surface area (Å²) in [6.07, 6.45) is 16.7. The van der Waals surface area contributed by atoms with Crippen LogP contribution in [0.2, 0.25) is 0 Å². The van der Waals surface area contributed by atoms with E-state index in [0.717, 1.165) is 12.3 Å². The molecule has 1 aliphatic carbocycles. The maximum atomic E-state index is 2.41. The first-order valence-electron chi connectivity index (χ1n) is 9.42. The summed E-state index contributed by atoms with van der Waals surface area (Å²) in [5, 5.41) is 0. The number of hydrogen-bond acceptors (Lipinski definition) is 0. The summed E-state index contributed by atoms with van der Waals surface area (Å²) in [5.41, 5.74) is 6.53. The van der Waals surface area contributed by atoms with E-state index in [1.807, 2.05) is 0 Å². The van der Waals surface area contributed by atoms with E-state index in [9.17, 15) is 0 Å². The fourth-order valence-electron chi connectivity index (χ4n) is 3.42. The van der Waals surface area contributed by atoms with Crippen LogP contribution < -0.4 is 0 Å². The fourth-order valence-corrected chi connectivity index (χ4v) is 3.42. The highest BCUT2D eigenvalue weighted by molar-refractivity contribution is 5.28. The van der Waals surface area contributed by atoms with Crippen LogP contribution in [-0.4, -0.2) is 0 Å². The van der Waals surface area contributed by atoms with Crippen molar-refractivity contribution in [3.8, 4) is 0 Å². The van der Waals surface area contributed by atoms with E-state index in [2.05, 4.69) is 72.8 Å². The molecule has 0 fully saturated rings. The molecule has 0 heterocycles. The standard InChI is InChI=1S/C23H38/c1-18(2)13-14-19(3)10-8-11-20(4)15-16-22-21(5)12-9-17-23(22,6)7/h8,10-11,15,18H,9,12-14,16-17H2,1-7H3. The molecule has 0 bridgehead atoms. The minimum absolute atomic E-state index is 0.385. The van der Waals surface area contributed by atoms with Crippen molar-refractivity contribution in [1.82, 2.24) is 0 Å². The third-order valence-electron chi connectivity index (χ3n) is 5.17. The SMILES string of the molecule is CC(C=CC=C(C)CCC(C)C)=CCC1=C(C)CCCC1(C)C. The van der Waals surface area contributed by atoms with E-state index >= 15 is 0 Å². The van der Waals surface area contributed by atoms with Crippen molar-refractivity contribution in [2.75, 3.05) is 0 Å². The first-order chi connectivity index (χ1) is 10.7. The molecule has 0 nitrogen and oxygen atoms in total. The van der Waals surface area contributed by atoms with Crippen molar-refractivity contribution in [1.29, 1.82) is 0 Å². The van der Waals surface area contributed by atoms with Crippen molar-refractivity contribution >= 4 is 0 Å². The van der Waals surface area contributed by atoms with Crippen LogP contribution in [0.1, 0.15) is 87.0 Å². The second-order valence-corrected chi connectivity index (χ2v) is 8.45. The van der Waals surface area contributed by atoms with E-state index in [1.165, 1.54) is 43.3 Å². The third-order valence-corrected chi connectivity index (χ3v) is 5.17. The Bertz CT molecular complexity index is 492. The van der Waals surface area contributed by atoms with Crippen LogP contribution in [0, 0.1) is 11.3 Å². The van der Waals surface area contributed by atoms with Gasteiger partial charge in [0.2, 0.25) is 0 Å². The van der Waals surface area contributed by atoms with Gasteiger partial charge in [-0.15, -0.1) is 0 Å². The minimum Gasteiger partial charge on any atom is -0.0775 e. The van der Waals surface area contributed by atoms with Gasteiger partial charge in [-0.3, -0.25) is 0 Å². The summed E-state index contributed by atoms with van der Waals surface area (Å²) in [6.45, 7) is 16.2. The average molecular weight is 315 g/mol. The summed E-state index contributed by atoms with van der Waals surface area (Å²) >= 11 is 0. The molecule has 0 aromatic carbocycles. The van der Waals surface area contributed by atoms with Gasteiger partial charge in [-0.25, -0.2) is 0 Å². The van der Waals surface area contributed by atoms with Gasteiger partial charge < -0.3 is 0 Å². The van der Waals surface area contributed by atoms with Crippen LogP contribution >= 0.6 is 0 Å². The Balaban J connectivity index is 2.60. The minimum atomic E-state index is 0.385. The maximum Gasteiger partial charge on any atom is -0.0125 e. The van der Waals surface area contributed by atoms with Crippen LogP contribution in [-0.2, 0) is 0 Å². The second-order valence-electron chi connectivity index (χ2n) is 8.45. The van der Waals surface area contributed by atoms with Gasteiger partial charge in [0.25, 0.3) is 0 Å². The Kier molecular flexibility index (Phi) is 8.09. The fraction of sp³-hybridized carbons (Fsp3) is 0.652. The zero-order valence-electron chi connectivity index (χ0n) is 16.6. The molecule has 0 atom stereocenters. The highest BCUT2D eigenvalue weighted by Crippen LogP contribution is 2.41. The molecule has 0 N–H and O–H groups in total. The molecule has 1 rings (SSSR count). The van der Waals surface area contributed by atoms with Crippen LogP contribution in [0.3, 0.4) is 0 Å². The molecular weight excluding hydrogens is 276 g/mol. The second kappa shape index (κ2) is 9.30. The highest BCUT2D eigenvalue weighted by atomic mass is 14.3. The average Bonchev–Trinajstić information content (AvgIpc) is 2.44. The van der Waals surface area contributed by atoms with Gasteiger partial charge in [0.05, 0.1) is 0 Å². The molecule has 0 spiro atoms. The van der Waals surface area contributed by atoms with Crippen molar-refractivity contribution in [3.63, 3.8) is 0 Å². The number of rotatable bonds is 7. The monoisotopic (exact) mass is 314 g/mol. The van der Waals surface area contributed by atoms with Crippen molar-refractivity contribution < 1.29 is 0 Å². The van der Waals surface area contributed by atoms with Gasteiger partial charge in [-0.1, -0.05) is 74.3 Å². The quantitative estimate of drug-likeness (QED) is 0.332. The molecule has 23 heavy (non-hydrogen) atoms. The lowest BCUT2D eigenvalue weighted by atomic mass is 9.71. The summed E-state index contributed by atoms with van der Waals surface area (Å²) in [5.74, 6) is 0.791. The lowest BCUT2D eigenvalue weighted by molar-refractivity contribution is 0.360. The predicted molar refractivity (Wildman–Crippen MR) is 106 cm³/mol. The molecule has 0 heteroatoms. The van der Waals surface area contributed by atoms with E-state index in [4.69, 9.17) is 0 Å². The zero-order valence-corrected chi connectivity index (χ0v) is 16.6. The highest BCUT2D eigenvalue weighted by Gasteiger charge is 2.27. The molecule has 0 unspecified atom stereocenters. The van der Waals surface area contributed by atoms with Crippen LogP contribution in [0.15, 0.2) is 46.6 Å². The Morgan fingerprint density at radius 1 is 1.22 bits per heavy atom. The smallest absolute Gasteiger partial charge is 0.0125 e. The van der Waals surface area contributed by atoms with E-state index in [0.29, 0.717) is 5.41 Å². The predicted octanol–water partition coefficient (Wildman–Crippen LogP) is 7.79. The normalized spacial score (nSPS) is 20.0. The Labute approximate surface area is 145 Å². The van der Waals surface area contributed by atoms with Crippen LogP contribution in [0.5, 0.6) is 0 Å². The summed E-state index contributed by atoms with van der Waals surface area (Å²) < 4.78 is 0. The maximum absolute atomic E-state index is 2.41. The molecule has 0 radical (unpaired) electrons. The molecule has 0 saturated carbocycles. The molecular formula is C23H38. The molecule has 0 aromatic heterocycles. The summed E-state index contributed by atoms with van der Waals surface area (Å²) in [4.78, 5) is 0. The summed E-state index contributed by atoms with van der Waals surface area (Å²) in [6, 6.07) is 0. The van der Waals surface area contributed by atoms with E-state index in [1.54, 1.807) is 11.1 Å². The third kappa shape index (κ3) is 7.38. The van der Waals surface area contributed by atoms with Crippen LogP contribution in [0.4, 0.5) is 0 Å². The van der Waals surface area contributed by atoms with Crippen LogP contribution in [0.25, 0.3) is 0 Å². The lowest BCUT2D eigenvalue weighted by Crippen LogP contribution is -2.20. The van der Waals surface area contributed by atoms with Gasteiger partial charge in [-0.2, -0.15) is 0 Å². The largest absolute Gasteiger partial charge is 0.0775 e. The Morgan fingerprint density at radius 3 is 2.52 bits per heavy atom. The zero-order chi connectivity index (χ0) is 17.5. The van der Waals surface area contributed by atoms with Gasteiger partial charge >= 0.3 is 0 Å².